The molecule has 2 aliphatic rings. The van der Waals surface area contributed by atoms with E-state index in [2.05, 4.69) is 105 Å². The van der Waals surface area contributed by atoms with Crippen molar-refractivity contribution in [2.24, 2.45) is 0 Å². The number of benzene rings is 5. The van der Waals surface area contributed by atoms with Crippen LogP contribution in [0.25, 0.3) is 49.0 Å². The van der Waals surface area contributed by atoms with Crippen molar-refractivity contribution in [2.45, 2.75) is 51.9 Å². The van der Waals surface area contributed by atoms with Gasteiger partial charge in [0, 0.05) is 0 Å². The molecule has 1 fully saturated rings. The van der Waals surface area contributed by atoms with E-state index in [1.54, 1.807) is 5.56 Å². The van der Waals surface area contributed by atoms with Gasteiger partial charge in [-0.25, -0.2) is 0 Å². The SMILES string of the molecule is Cc1ccc(-c2cccc3c4cc(C5=CCCC=C5)cc(C5CCC5)c4c4c(C)cccc4c23)cc1. The van der Waals surface area contributed by atoms with Gasteiger partial charge in [0.05, 0.1) is 0 Å². The lowest BCUT2D eigenvalue weighted by atomic mass is 9.75. The Hall–Kier alpha value is -3.64. The molecule has 1 saturated carbocycles. The van der Waals surface area contributed by atoms with Crippen LogP contribution in [0.1, 0.15) is 60.3 Å². The van der Waals surface area contributed by atoms with E-state index in [1.807, 2.05) is 0 Å². The first-order valence-electron chi connectivity index (χ1n) is 13.5. The van der Waals surface area contributed by atoms with Crippen molar-refractivity contribution < 1.29 is 0 Å². The molecule has 0 heteroatoms. The molecule has 0 bridgehead atoms. The van der Waals surface area contributed by atoms with Gasteiger partial charge in [0.1, 0.15) is 0 Å². The van der Waals surface area contributed by atoms with Gasteiger partial charge < -0.3 is 0 Å². The highest BCUT2D eigenvalue weighted by molar-refractivity contribution is 6.30. The summed E-state index contributed by atoms with van der Waals surface area (Å²) < 4.78 is 0. The van der Waals surface area contributed by atoms with Crippen molar-refractivity contribution in [2.75, 3.05) is 0 Å². The van der Waals surface area contributed by atoms with E-state index in [4.69, 9.17) is 0 Å². The Balaban J connectivity index is 1.67. The van der Waals surface area contributed by atoms with Gasteiger partial charge >= 0.3 is 0 Å². The van der Waals surface area contributed by atoms with Crippen LogP contribution in [0.3, 0.4) is 0 Å². The lowest BCUT2D eigenvalue weighted by Crippen LogP contribution is -2.10. The number of hydrogen-bond acceptors (Lipinski definition) is 0. The third-order valence-corrected chi connectivity index (χ3v) is 8.55. The second kappa shape index (κ2) is 8.49. The first kappa shape index (κ1) is 21.6. The van der Waals surface area contributed by atoms with Crippen LogP contribution in [-0.4, -0.2) is 0 Å². The van der Waals surface area contributed by atoms with Crippen LogP contribution in [-0.2, 0) is 0 Å². The maximum atomic E-state index is 2.54. The van der Waals surface area contributed by atoms with Crippen molar-refractivity contribution in [1.82, 2.24) is 0 Å². The fraction of sp³-hybridized carbons (Fsp3) is 0.222. The molecular formula is C36H32. The van der Waals surface area contributed by atoms with E-state index in [-0.39, 0.29) is 0 Å². The molecule has 0 heterocycles. The zero-order valence-corrected chi connectivity index (χ0v) is 21.3. The van der Waals surface area contributed by atoms with Crippen molar-refractivity contribution in [3.63, 3.8) is 0 Å². The Morgan fingerprint density at radius 2 is 1.47 bits per heavy atom. The lowest BCUT2D eigenvalue weighted by Gasteiger charge is -2.29. The average molecular weight is 465 g/mol. The van der Waals surface area contributed by atoms with Gasteiger partial charge in [-0.15, -0.1) is 0 Å². The highest BCUT2D eigenvalue weighted by atomic mass is 14.3. The molecule has 0 amide bonds. The summed E-state index contributed by atoms with van der Waals surface area (Å²) in [6, 6.07) is 27.9. The fourth-order valence-corrected chi connectivity index (χ4v) is 6.44. The summed E-state index contributed by atoms with van der Waals surface area (Å²) in [4.78, 5) is 0. The molecule has 0 N–H and O–H groups in total. The summed E-state index contributed by atoms with van der Waals surface area (Å²) in [5.41, 5.74) is 9.64. The normalized spacial score (nSPS) is 16.0. The van der Waals surface area contributed by atoms with Crippen molar-refractivity contribution in [3.8, 4) is 11.1 Å². The predicted octanol–water partition coefficient (Wildman–Crippen LogP) is 10.4. The van der Waals surface area contributed by atoms with E-state index in [9.17, 15) is 0 Å². The zero-order chi connectivity index (χ0) is 24.2. The highest BCUT2D eigenvalue weighted by Crippen LogP contribution is 2.48. The Morgan fingerprint density at radius 1 is 0.667 bits per heavy atom. The second-order valence-corrected chi connectivity index (χ2v) is 10.8. The predicted molar refractivity (Wildman–Crippen MR) is 157 cm³/mol. The molecule has 0 nitrogen and oxygen atoms in total. The molecule has 0 atom stereocenters. The number of hydrogen-bond donors (Lipinski definition) is 0. The minimum atomic E-state index is 0.668. The largest absolute Gasteiger partial charge is 0.0836 e. The fourth-order valence-electron chi connectivity index (χ4n) is 6.44. The summed E-state index contributed by atoms with van der Waals surface area (Å²) in [5, 5.41) is 8.51. The summed E-state index contributed by atoms with van der Waals surface area (Å²) in [6.07, 6.45) is 13.3. The first-order chi connectivity index (χ1) is 17.7. The number of fused-ring (bicyclic) bond motifs is 6. The van der Waals surface area contributed by atoms with E-state index < -0.39 is 0 Å². The monoisotopic (exact) mass is 464 g/mol. The quantitative estimate of drug-likeness (QED) is 0.233. The molecule has 5 aromatic rings. The minimum Gasteiger partial charge on any atom is -0.0836 e. The Bertz CT molecular complexity index is 1710. The smallest absolute Gasteiger partial charge is 0.00203 e. The van der Waals surface area contributed by atoms with Crippen LogP contribution in [0.15, 0.2) is 91.0 Å². The van der Waals surface area contributed by atoms with Crippen molar-refractivity contribution in [1.29, 1.82) is 0 Å². The third kappa shape index (κ3) is 3.35. The van der Waals surface area contributed by atoms with Gasteiger partial charge in [0.25, 0.3) is 0 Å². The number of allylic oxidation sites excluding steroid dienone is 4. The van der Waals surface area contributed by atoms with Crippen LogP contribution in [0.2, 0.25) is 0 Å². The second-order valence-electron chi connectivity index (χ2n) is 10.8. The van der Waals surface area contributed by atoms with Crippen LogP contribution in [0.4, 0.5) is 0 Å². The van der Waals surface area contributed by atoms with Gasteiger partial charge in [-0.2, -0.15) is 0 Å². The molecule has 2 aliphatic carbocycles. The van der Waals surface area contributed by atoms with Gasteiger partial charge in [0.15, 0.2) is 0 Å². The summed E-state index contributed by atoms with van der Waals surface area (Å²) in [7, 11) is 0. The Labute approximate surface area is 214 Å². The third-order valence-electron chi connectivity index (χ3n) is 8.55. The lowest BCUT2D eigenvalue weighted by molar-refractivity contribution is 0.422. The molecule has 0 aromatic heterocycles. The number of rotatable bonds is 3. The first-order valence-corrected chi connectivity index (χ1v) is 13.5. The molecule has 7 rings (SSSR count). The standard InChI is InChI=1S/C36H32/c1-23-17-19-27(20-18-23)29-14-8-15-30-33-22-28(25-10-4-3-5-11-25)21-32(26-12-7-13-26)36(33)34-24(2)9-6-16-31(34)35(29)30/h4,6,8-11,14-22,26H,3,5,7,12-13H2,1-2H3. The van der Waals surface area contributed by atoms with Gasteiger partial charge in [0.2, 0.25) is 0 Å². The van der Waals surface area contributed by atoms with E-state index in [0.717, 1.165) is 12.8 Å². The van der Waals surface area contributed by atoms with Gasteiger partial charge in [-0.05, 0) is 117 Å². The molecular weight excluding hydrogens is 432 g/mol. The maximum Gasteiger partial charge on any atom is -0.00203 e. The molecule has 0 saturated heterocycles. The zero-order valence-electron chi connectivity index (χ0n) is 21.3. The van der Waals surface area contributed by atoms with E-state index in [0.29, 0.717) is 5.92 Å². The minimum absolute atomic E-state index is 0.668. The molecule has 5 aromatic carbocycles. The highest BCUT2D eigenvalue weighted by Gasteiger charge is 2.25. The van der Waals surface area contributed by atoms with E-state index in [1.165, 1.54) is 85.0 Å². The van der Waals surface area contributed by atoms with Gasteiger partial charge in [-0.1, -0.05) is 96.9 Å². The molecule has 176 valence electrons. The molecule has 0 aliphatic heterocycles. The van der Waals surface area contributed by atoms with Crippen molar-refractivity contribution in [3.05, 3.63) is 113 Å². The summed E-state index contributed by atoms with van der Waals surface area (Å²) >= 11 is 0. The molecule has 0 unspecified atom stereocenters. The number of aryl methyl sites for hydroxylation is 2. The van der Waals surface area contributed by atoms with Crippen molar-refractivity contribution >= 4 is 37.9 Å². The van der Waals surface area contributed by atoms with Gasteiger partial charge in [-0.3, -0.25) is 0 Å². The summed E-state index contributed by atoms with van der Waals surface area (Å²) in [5.74, 6) is 0.668. The summed E-state index contributed by atoms with van der Waals surface area (Å²) in [6.45, 7) is 4.46. The van der Waals surface area contributed by atoms with Crippen LogP contribution in [0, 0.1) is 13.8 Å². The van der Waals surface area contributed by atoms with Crippen LogP contribution < -0.4 is 0 Å². The topological polar surface area (TPSA) is 0 Å². The Kier molecular flexibility index (Phi) is 5.10. The maximum absolute atomic E-state index is 2.54. The average Bonchev–Trinajstić information content (AvgIpc) is 2.88. The Morgan fingerprint density at radius 3 is 2.22 bits per heavy atom. The molecule has 0 spiro atoms. The molecule has 36 heavy (non-hydrogen) atoms. The van der Waals surface area contributed by atoms with E-state index >= 15 is 0 Å². The molecule has 0 radical (unpaired) electrons. The van der Waals surface area contributed by atoms with Crippen LogP contribution in [0.5, 0.6) is 0 Å². The van der Waals surface area contributed by atoms with Crippen LogP contribution >= 0.6 is 0 Å².